The van der Waals surface area contributed by atoms with Crippen LogP contribution in [-0.4, -0.2) is 159 Å². The van der Waals surface area contributed by atoms with E-state index in [0.29, 0.717) is 115 Å². The SMILES string of the molecule is O=C(NCCOCCOCCOCCOCCOCCOCCOCCn1cc(CN2C(=O)C=CC2=O)nn1)N1CCC(I)CC1. The number of hydrogen-bond donors (Lipinski definition) is 1. The van der Waals surface area contributed by atoms with E-state index in [-0.39, 0.29) is 24.4 Å². The van der Waals surface area contributed by atoms with Gasteiger partial charge in [0.05, 0.1) is 112 Å². The van der Waals surface area contributed by atoms with Crippen molar-refractivity contribution in [3.05, 3.63) is 24.0 Å². The number of piperidine rings is 1. The third-order valence-corrected chi connectivity index (χ3v) is 7.98. The molecule has 3 heterocycles. The van der Waals surface area contributed by atoms with Gasteiger partial charge in [0.1, 0.15) is 5.69 Å². The second-order valence-corrected chi connectivity index (χ2v) is 12.0. The summed E-state index contributed by atoms with van der Waals surface area (Å²) in [6, 6.07) is -0.00984. The first-order chi connectivity index (χ1) is 22.5. The van der Waals surface area contributed by atoms with Gasteiger partial charge in [0.15, 0.2) is 0 Å². The number of alkyl halides is 1. The lowest BCUT2D eigenvalue weighted by Gasteiger charge is -2.29. The van der Waals surface area contributed by atoms with E-state index in [2.05, 4.69) is 38.2 Å². The van der Waals surface area contributed by atoms with Gasteiger partial charge in [-0.25, -0.2) is 9.48 Å². The monoisotopic (exact) mass is 766 g/mol. The van der Waals surface area contributed by atoms with Crippen LogP contribution in [0, 0.1) is 0 Å². The summed E-state index contributed by atoms with van der Waals surface area (Å²) < 4.78 is 40.7. The topological polar surface area (TPSA) is 165 Å². The molecule has 16 nitrogen and oxygen atoms in total. The zero-order valence-electron chi connectivity index (χ0n) is 26.4. The second kappa shape index (κ2) is 24.0. The number of likely N-dealkylation sites (tertiary alicyclic amines) is 1. The average Bonchev–Trinajstić information content (AvgIpc) is 3.64. The van der Waals surface area contributed by atoms with Crippen LogP contribution in [-0.2, 0) is 55.8 Å². The normalized spacial score (nSPS) is 15.4. The van der Waals surface area contributed by atoms with Gasteiger partial charge in [-0.3, -0.25) is 14.5 Å². The Morgan fingerprint density at radius 1 is 0.739 bits per heavy atom. The maximum Gasteiger partial charge on any atom is 0.317 e. The molecule has 0 aliphatic carbocycles. The number of nitrogens with zero attached hydrogens (tertiary/aromatic N) is 5. The average molecular weight is 767 g/mol. The molecule has 0 unspecified atom stereocenters. The number of rotatable bonds is 26. The number of carbonyl (C=O) groups excluding carboxylic acids is 3. The van der Waals surface area contributed by atoms with Gasteiger partial charge >= 0.3 is 6.03 Å². The number of ether oxygens (including phenoxy) is 7. The van der Waals surface area contributed by atoms with E-state index in [9.17, 15) is 14.4 Å². The van der Waals surface area contributed by atoms with Crippen LogP contribution < -0.4 is 5.32 Å². The third kappa shape index (κ3) is 16.5. The lowest BCUT2D eigenvalue weighted by Crippen LogP contribution is -2.45. The van der Waals surface area contributed by atoms with Crippen molar-refractivity contribution in [1.29, 1.82) is 0 Å². The summed E-state index contributed by atoms with van der Waals surface area (Å²) in [5.41, 5.74) is 0.533. The van der Waals surface area contributed by atoms with Crippen LogP contribution in [0.15, 0.2) is 18.3 Å². The van der Waals surface area contributed by atoms with Gasteiger partial charge in [-0.15, -0.1) is 5.10 Å². The molecule has 1 aromatic heterocycles. The van der Waals surface area contributed by atoms with Gasteiger partial charge in [-0.1, -0.05) is 27.8 Å². The maximum absolute atomic E-state index is 12.1. The molecule has 2 aliphatic heterocycles. The van der Waals surface area contributed by atoms with Crippen LogP contribution >= 0.6 is 22.6 Å². The van der Waals surface area contributed by atoms with Crippen LogP contribution in [0.4, 0.5) is 4.79 Å². The summed E-state index contributed by atoms with van der Waals surface area (Å²) in [5.74, 6) is -0.697. The fourth-order valence-electron chi connectivity index (χ4n) is 4.24. The number of imide groups is 1. The highest BCUT2D eigenvalue weighted by Crippen LogP contribution is 2.17. The molecular weight excluding hydrogens is 719 g/mol. The van der Waals surface area contributed by atoms with Gasteiger partial charge in [-0.05, 0) is 12.8 Å². The Morgan fingerprint density at radius 2 is 1.20 bits per heavy atom. The quantitative estimate of drug-likeness (QED) is 0.0600. The molecule has 0 spiro atoms. The predicted molar refractivity (Wildman–Crippen MR) is 172 cm³/mol. The number of hydrogen-bond acceptors (Lipinski definition) is 12. The summed E-state index contributed by atoms with van der Waals surface area (Å²) in [5, 5.41) is 10.9. The molecule has 46 heavy (non-hydrogen) atoms. The zero-order chi connectivity index (χ0) is 32.7. The van der Waals surface area contributed by atoms with E-state index in [1.165, 1.54) is 12.2 Å². The highest BCUT2D eigenvalue weighted by atomic mass is 127. The molecule has 2 aliphatic rings. The summed E-state index contributed by atoms with van der Waals surface area (Å²) in [4.78, 5) is 38.3. The number of urea groups is 1. The molecule has 1 saturated heterocycles. The van der Waals surface area contributed by atoms with E-state index in [4.69, 9.17) is 33.2 Å². The van der Waals surface area contributed by atoms with E-state index in [0.717, 1.165) is 30.8 Å². The van der Waals surface area contributed by atoms with Gasteiger partial charge in [-0.2, -0.15) is 0 Å². The molecule has 0 atom stereocenters. The number of amides is 4. The minimum atomic E-state index is -0.349. The molecule has 1 aromatic rings. The maximum atomic E-state index is 12.1. The number of nitrogens with one attached hydrogen (secondary N) is 1. The van der Waals surface area contributed by atoms with Crippen molar-refractivity contribution in [2.24, 2.45) is 0 Å². The largest absolute Gasteiger partial charge is 0.377 e. The molecule has 0 radical (unpaired) electrons. The Balaban J connectivity index is 0.965. The number of aromatic nitrogens is 3. The molecule has 260 valence electrons. The number of carbonyl (C=O) groups is 3. The lowest BCUT2D eigenvalue weighted by molar-refractivity contribution is -0.137. The highest BCUT2D eigenvalue weighted by molar-refractivity contribution is 14.1. The molecule has 0 bridgehead atoms. The third-order valence-electron chi connectivity index (χ3n) is 6.74. The molecule has 1 fully saturated rings. The molecule has 3 rings (SSSR count). The van der Waals surface area contributed by atoms with Gasteiger partial charge in [0.2, 0.25) is 0 Å². The fraction of sp³-hybridized carbons (Fsp3) is 0.759. The Kier molecular flexibility index (Phi) is 19.9. The first-order valence-electron chi connectivity index (χ1n) is 15.7. The lowest BCUT2D eigenvalue weighted by atomic mass is 10.1. The van der Waals surface area contributed by atoms with Crippen molar-refractivity contribution < 1.29 is 47.5 Å². The summed E-state index contributed by atoms with van der Waals surface area (Å²) in [6.45, 7) is 9.24. The van der Waals surface area contributed by atoms with Gasteiger partial charge in [0, 0.05) is 35.7 Å². The van der Waals surface area contributed by atoms with Crippen LogP contribution in [0.5, 0.6) is 0 Å². The molecule has 4 amide bonds. The zero-order valence-corrected chi connectivity index (χ0v) is 28.5. The Morgan fingerprint density at radius 3 is 1.70 bits per heavy atom. The fourth-order valence-corrected chi connectivity index (χ4v) is 4.80. The van der Waals surface area contributed by atoms with Gasteiger partial charge in [0.25, 0.3) is 11.8 Å². The minimum absolute atomic E-state index is 0.00984. The van der Waals surface area contributed by atoms with Crippen molar-refractivity contribution in [3.8, 4) is 0 Å². The minimum Gasteiger partial charge on any atom is -0.377 e. The van der Waals surface area contributed by atoms with Crippen molar-refractivity contribution in [1.82, 2.24) is 30.1 Å². The second-order valence-electron chi connectivity index (χ2n) is 10.2. The van der Waals surface area contributed by atoms with Crippen LogP contribution in [0.2, 0.25) is 0 Å². The standard InChI is InChI=1S/C29H47IN6O10/c30-25-3-6-34(7-4-25)29(39)31-5-9-40-11-13-42-15-17-44-19-21-46-22-20-45-18-16-43-14-12-41-10-8-35-23-26(32-33-35)24-36-27(37)1-2-28(36)38/h1-2,23,25H,3-22,24H2,(H,31,39). The Hall–Kier alpha value is -2.26. The molecule has 1 N–H and O–H groups in total. The Bertz CT molecular complexity index is 1020. The summed E-state index contributed by atoms with van der Waals surface area (Å²) >= 11 is 2.44. The van der Waals surface area contributed by atoms with Crippen molar-refractivity contribution in [2.45, 2.75) is 29.9 Å². The van der Waals surface area contributed by atoms with Crippen LogP contribution in [0.1, 0.15) is 18.5 Å². The van der Waals surface area contributed by atoms with E-state index < -0.39 is 0 Å². The van der Waals surface area contributed by atoms with E-state index in [1.54, 1.807) is 10.9 Å². The molecule has 0 aromatic carbocycles. The van der Waals surface area contributed by atoms with Crippen LogP contribution in [0.25, 0.3) is 0 Å². The summed E-state index contributed by atoms with van der Waals surface area (Å²) in [6.07, 6.45) is 6.28. The Labute approximate surface area is 283 Å². The van der Waals surface area contributed by atoms with Crippen molar-refractivity contribution in [2.75, 3.05) is 112 Å². The van der Waals surface area contributed by atoms with E-state index >= 15 is 0 Å². The molecular formula is C29H47IN6O10. The highest BCUT2D eigenvalue weighted by Gasteiger charge is 2.24. The first kappa shape index (κ1) is 38.2. The first-order valence-corrected chi connectivity index (χ1v) is 16.9. The molecule has 17 heteroatoms. The van der Waals surface area contributed by atoms with Gasteiger partial charge < -0.3 is 43.4 Å². The molecule has 0 saturated carbocycles. The predicted octanol–water partition coefficient (Wildman–Crippen LogP) is 0.428. The van der Waals surface area contributed by atoms with E-state index in [1.807, 2.05) is 4.90 Å². The van der Waals surface area contributed by atoms with Crippen molar-refractivity contribution in [3.63, 3.8) is 0 Å². The summed E-state index contributed by atoms with van der Waals surface area (Å²) in [7, 11) is 0. The number of halogens is 1. The smallest absolute Gasteiger partial charge is 0.317 e. The van der Waals surface area contributed by atoms with Crippen molar-refractivity contribution >= 4 is 40.4 Å². The van der Waals surface area contributed by atoms with Crippen LogP contribution in [0.3, 0.4) is 0 Å².